The second-order valence-electron chi connectivity index (χ2n) is 7.61. The van der Waals surface area contributed by atoms with E-state index in [1.54, 1.807) is 0 Å². The predicted octanol–water partition coefficient (Wildman–Crippen LogP) is 1.85. The molecule has 5 nitrogen and oxygen atoms in total. The van der Waals surface area contributed by atoms with E-state index in [1.165, 1.54) is 19.3 Å². The lowest BCUT2D eigenvalue weighted by Crippen LogP contribution is -2.56. The lowest BCUT2D eigenvalue weighted by atomic mass is 9.82. The molecule has 3 rings (SSSR count). The van der Waals surface area contributed by atoms with Crippen molar-refractivity contribution in [2.45, 2.75) is 82.0 Å². The van der Waals surface area contributed by atoms with Gasteiger partial charge in [0.15, 0.2) is 0 Å². The number of hydrogen-bond donors (Lipinski definition) is 3. The summed E-state index contributed by atoms with van der Waals surface area (Å²) in [5.74, 6) is 0.436. The zero-order valence-corrected chi connectivity index (χ0v) is 13.8. The summed E-state index contributed by atoms with van der Waals surface area (Å²) in [6.07, 6.45) is 9.83. The summed E-state index contributed by atoms with van der Waals surface area (Å²) in [7, 11) is 2.24. The van der Waals surface area contributed by atoms with Crippen molar-refractivity contribution >= 4 is 6.03 Å². The van der Waals surface area contributed by atoms with E-state index >= 15 is 0 Å². The summed E-state index contributed by atoms with van der Waals surface area (Å²) in [6.45, 7) is 0.697. The third kappa shape index (κ3) is 3.93. The maximum Gasteiger partial charge on any atom is 0.315 e. The fourth-order valence-electron chi connectivity index (χ4n) is 4.66. The molecule has 0 aromatic heterocycles. The molecule has 3 N–H and O–H groups in total. The van der Waals surface area contributed by atoms with Gasteiger partial charge >= 0.3 is 6.03 Å². The molecule has 1 aliphatic carbocycles. The van der Waals surface area contributed by atoms with Gasteiger partial charge in [-0.05, 0) is 57.9 Å². The second kappa shape index (κ2) is 7.18. The molecule has 126 valence electrons. The minimum atomic E-state index is -0.170. The van der Waals surface area contributed by atoms with Crippen molar-refractivity contribution in [1.82, 2.24) is 15.5 Å². The summed E-state index contributed by atoms with van der Waals surface area (Å²) < 4.78 is 0. The first-order chi connectivity index (χ1) is 10.6. The van der Waals surface area contributed by atoms with Gasteiger partial charge in [0.25, 0.3) is 0 Å². The third-order valence-corrected chi connectivity index (χ3v) is 5.98. The Labute approximate surface area is 133 Å². The third-order valence-electron chi connectivity index (χ3n) is 5.98. The van der Waals surface area contributed by atoms with E-state index in [2.05, 4.69) is 22.6 Å². The zero-order chi connectivity index (χ0) is 15.5. The van der Waals surface area contributed by atoms with Gasteiger partial charge in [-0.3, -0.25) is 0 Å². The van der Waals surface area contributed by atoms with Crippen LogP contribution in [0, 0.1) is 5.92 Å². The molecule has 0 radical (unpaired) electrons. The van der Waals surface area contributed by atoms with Gasteiger partial charge in [-0.25, -0.2) is 4.79 Å². The minimum Gasteiger partial charge on any atom is -0.393 e. The molecule has 2 heterocycles. The molecule has 5 heteroatoms. The molecule has 2 saturated heterocycles. The SMILES string of the molecule is CN1C2CCCC1CC(NC(=O)NCC1CCCC(O)C1)C2. The van der Waals surface area contributed by atoms with Crippen molar-refractivity contribution in [3.63, 3.8) is 0 Å². The number of carbonyl (C=O) groups excluding carboxylic acids is 1. The quantitative estimate of drug-likeness (QED) is 0.745. The Kier molecular flexibility index (Phi) is 5.24. The minimum absolute atomic E-state index is 0.0207. The summed E-state index contributed by atoms with van der Waals surface area (Å²) in [6, 6.07) is 1.59. The normalized spacial score (nSPS) is 39.3. The monoisotopic (exact) mass is 309 g/mol. The standard InChI is InChI=1S/C17H31N3O2/c1-20-14-5-3-6-15(20)10-13(9-14)19-17(22)18-11-12-4-2-7-16(21)8-12/h12-16,21H,2-11H2,1H3,(H2,18,19,22). The topological polar surface area (TPSA) is 64.6 Å². The van der Waals surface area contributed by atoms with Gasteiger partial charge in [-0.2, -0.15) is 0 Å². The number of hydrogen-bond acceptors (Lipinski definition) is 3. The van der Waals surface area contributed by atoms with E-state index in [4.69, 9.17) is 0 Å². The molecule has 0 spiro atoms. The summed E-state index contributed by atoms with van der Waals surface area (Å²) in [5, 5.41) is 15.9. The summed E-state index contributed by atoms with van der Waals surface area (Å²) in [5.41, 5.74) is 0. The van der Waals surface area contributed by atoms with Crippen molar-refractivity contribution in [2.24, 2.45) is 5.92 Å². The van der Waals surface area contributed by atoms with Crippen molar-refractivity contribution in [3.05, 3.63) is 0 Å². The van der Waals surface area contributed by atoms with Crippen LogP contribution in [0.2, 0.25) is 0 Å². The van der Waals surface area contributed by atoms with Gasteiger partial charge in [0.2, 0.25) is 0 Å². The van der Waals surface area contributed by atoms with Gasteiger partial charge in [-0.1, -0.05) is 12.8 Å². The number of urea groups is 1. The fourth-order valence-corrected chi connectivity index (χ4v) is 4.66. The zero-order valence-electron chi connectivity index (χ0n) is 13.8. The largest absolute Gasteiger partial charge is 0.393 e. The lowest BCUT2D eigenvalue weighted by Gasteiger charge is -2.47. The molecule has 22 heavy (non-hydrogen) atoms. The average molecular weight is 309 g/mol. The molecule has 4 atom stereocenters. The number of aliphatic hydroxyl groups is 1. The average Bonchev–Trinajstić information content (AvgIpc) is 2.46. The molecule has 4 unspecified atom stereocenters. The Morgan fingerprint density at radius 3 is 2.45 bits per heavy atom. The lowest BCUT2D eigenvalue weighted by molar-refractivity contribution is 0.0507. The van der Waals surface area contributed by atoms with Gasteiger partial charge in [0.05, 0.1) is 6.10 Å². The molecule has 0 aromatic rings. The van der Waals surface area contributed by atoms with E-state index < -0.39 is 0 Å². The highest BCUT2D eigenvalue weighted by molar-refractivity contribution is 5.74. The molecule has 3 fully saturated rings. The number of carbonyl (C=O) groups is 1. The number of amides is 2. The number of fused-ring (bicyclic) bond motifs is 2. The number of nitrogens with one attached hydrogen (secondary N) is 2. The van der Waals surface area contributed by atoms with Crippen molar-refractivity contribution in [2.75, 3.05) is 13.6 Å². The van der Waals surface area contributed by atoms with E-state index in [9.17, 15) is 9.90 Å². The Balaban J connectivity index is 1.40. The molecular formula is C17H31N3O2. The molecule has 0 aromatic carbocycles. The van der Waals surface area contributed by atoms with Crippen LogP contribution in [0.1, 0.15) is 57.8 Å². The Morgan fingerprint density at radius 1 is 1.09 bits per heavy atom. The van der Waals surface area contributed by atoms with Crippen LogP contribution in [0.3, 0.4) is 0 Å². The van der Waals surface area contributed by atoms with Gasteiger partial charge < -0.3 is 20.6 Å². The molecule has 2 bridgehead atoms. The van der Waals surface area contributed by atoms with E-state index in [-0.39, 0.29) is 12.1 Å². The second-order valence-corrected chi connectivity index (χ2v) is 7.61. The van der Waals surface area contributed by atoms with E-state index in [0.717, 1.165) is 38.5 Å². The highest BCUT2D eigenvalue weighted by atomic mass is 16.3. The molecule has 2 amide bonds. The highest BCUT2D eigenvalue weighted by Gasteiger charge is 2.36. The van der Waals surface area contributed by atoms with Crippen molar-refractivity contribution in [1.29, 1.82) is 0 Å². The first-order valence-electron chi connectivity index (χ1n) is 9.06. The number of aliphatic hydroxyl groups excluding tert-OH is 1. The Bertz CT molecular complexity index is 376. The Morgan fingerprint density at radius 2 is 1.77 bits per heavy atom. The van der Waals surface area contributed by atoms with Crippen LogP contribution in [-0.4, -0.2) is 53.9 Å². The maximum atomic E-state index is 12.1. The van der Waals surface area contributed by atoms with E-state index in [1.807, 2.05) is 0 Å². The van der Waals surface area contributed by atoms with Crippen molar-refractivity contribution < 1.29 is 9.90 Å². The van der Waals surface area contributed by atoms with E-state index in [0.29, 0.717) is 30.6 Å². The van der Waals surface area contributed by atoms with Crippen LogP contribution >= 0.6 is 0 Å². The van der Waals surface area contributed by atoms with Gasteiger partial charge in [0.1, 0.15) is 0 Å². The van der Waals surface area contributed by atoms with Crippen LogP contribution in [0.25, 0.3) is 0 Å². The first-order valence-corrected chi connectivity index (χ1v) is 9.06. The summed E-state index contributed by atoms with van der Waals surface area (Å²) >= 11 is 0. The Hall–Kier alpha value is -0.810. The highest BCUT2D eigenvalue weighted by Crippen LogP contribution is 2.32. The first kappa shape index (κ1) is 16.1. The van der Waals surface area contributed by atoms with Crippen LogP contribution < -0.4 is 10.6 Å². The fraction of sp³-hybridized carbons (Fsp3) is 0.941. The van der Waals surface area contributed by atoms with Gasteiger partial charge in [0, 0.05) is 24.7 Å². The number of nitrogens with zero attached hydrogens (tertiary/aromatic N) is 1. The molecule has 1 saturated carbocycles. The predicted molar refractivity (Wildman–Crippen MR) is 86.7 cm³/mol. The van der Waals surface area contributed by atoms with Crippen LogP contribution in [0.5, 0.6) is 0 Å². The number of rotatable bonds is 3. The smallest absolute Gasteiger partial charge is 0.315 e. The summed E-state index contributed by atoms with van der Waals surface area (Å²) in [4.78, 5) is 14.7. The molecule has 3 aliphatic rings. The van der Waals surface area contributed by atoms with Crippen LogP contribution in [0.15, 0.2) is 0 Å². The van der Waals surface area contributed by atoms with Crippen molar-refractivity contribution in [3.8, 4) is 0 Å². The molecular weight excluding hydrogens is 278 g/mol. The number of piperidine rings is 2. The van der Waals surface area contributed by atoms with Crippen LogP contribution in [0.4, 0.5) is 4.79 Å². The van der Waals surface area contributed by atoms with Gasteiger partial charge in [-0.15, -0.1) is 0 Å². The molecule has 2 aliphatic heterocycles. The van der Waals surface area contributed by atoms with Crippen LogP contribution in [-0.2, 0) is 0 Å². The maximum absolute atomic E-state index is 12.1.